The summed E-state index contributed by atoms with van der Waals surface area (Å²) in [7, 11) is -3.96. The first kappa shape index (κ1) is 15.5. The van der Waals surface area contributed by atoms with Gasteiger partial charge in [0.2, 0.25) is 15.9 Å². The zero-order valence-electron chi connectivity index (χ0n) is 11.4. The number of nitrogens with two attached hydrogens (primary N) is 1. The molecule has 3 N–H and O–H groups in total. The second kappa shape index (κ2) is 5.45. The number of amides is 1. The molecule has 1 aliphatic heterocycles. The molecule has 1 fully saturated rings. The Kier molecular flexibility index (Phi) is 4.02. The summed E-state index contributed by atoms with van der Waals surface area (Å²) in [6.45, 7) is 1.80. The van der Waals surface area contributed by atoms with Crippen LogP contribution in [-0.2, 0) is 14.8 Å². The fourth-order valence-electron chi connectivity index (χ4n) is 2.44. The molecule has 1 heterocycles. The molecule has 1 atom stereocenters. The van der Waals surface area contributed by atoms with Gasteiger partial charge in [0, 0.05) is 12.1 Å². The van der Waals surface area contributed by atoms with Gasteiger partial charge >= 0.3 is 5.97 Å². The SMILES string of the molecule is Cc1ccc(S(=O)(=O)N2CCC[C@H]2C(=O)O)cc1C(N)=O. The predicted molar refractivity (Wildman–Crippen MR) is 74.2 cm³/mol. The third kappa shape index (κ3) is 2.77. The fraction of sp³-hybridized carbons (Fsp3) is 0.385. The van der Waals surface area contributed by atoms with Crippen LogP contribution in [-0.4, -0.2) is 42.3 Å². The third-order valence-electron chi connectivity index (χ3n) is 3.57. The summed E-state index contributed by atoms with van der Waals surface area (Å²) in [6.07, 6.45) is 0.772. The average Bonchev–Trinajstić information content (AvgIpc) is 2.88. The molecular weight excluding hydrogens is 296 g/mol. The van der Waals surface area contributed by atoms with Crippen molar-refractivity contribution >= 4 is 21.9 Å². The normalized spacial score (nSPS) is 19.6. The van der Waals surface area contributed by atoms with E-state index in [1.165, 1.54) is 18.2 Å². The smallest absolute Gasteiger partial charge is 0.322 e. The lowest BCUT2D eigenvalue weighted by atomic mass is 10.1. The second-order valence-electron chi connectivity index (χ2n) is 4.95. The number of nitrogens with zero attached hydrogens (tertiary/aromatic N) is 1. The van der Waals surface area contributed by atoms with Gasteiger partial charge in [0.1, 0.15) is 6.04 Å². The number of rotatable bonds is 4. The number of primary amides is 1. The topological polar surface area (TPSA) is 118 Å². The summed E-state index contributed by atoms with van der Waals surface area (Å²) in [5.41, 5.74) is 5.89. The van der Waals surface area contributed by atoms with Gasteiger partial charge in [0.05, 0.1) is 4.90 Å². The van der Waals surface area contributed by atoms with E-state index in [1.807, 2.05) is 0 Å². The molecule has 0 aromatic heterocycles. The van der Waals surface area contributed by atoms with E-state index in [1.54, 1.807) is 6.92 Å². The minimum absolute atomic E-state index is 0.113. The first-order chi connectivity index (χ1) is 9.75. The summed E-state index contributed by atoms with van der Waals surface area (Å²) in [5, 5.41) is 9.10. The van der Waals surface area contributed by atoms with Crippen molar-refractivity contribution in [3.8, 4) is 0 Å². The summed E-state index contributed by atoms with van der Waals surface area (Å²) in [5.74, 6) is -1.89. The molecule has 8 heteroatoms. The number of carbonyl (C=O) groups is 2. The molecule has 1 aromatic carbocycles. The van der Waals surface area contributed by atoms with Gasteiger partial charge in [0.25, 0.3) is 0 Å². The molecule has 1 aliphatic rings. The number of hydrogen-bond donors (Lipinski definition) is 2. The Morgan fingerprint density at radius 2 is 2.05 bits per heavy atom. The minimum atomic E-state index is -3.96. The largest absolute Gasteiger partial charge is 0.480 e. The Bertz CT molecular complexity index is 699. The Morgan fingerprint density at radius 1 is 1.38 bits per heavy atom. The zero-order valence-corrected chi connectivity index (χ0v) is 12.3. The van der Waals surface area contributed by atoms with Crippen LogP contribution in [0.2, 0.25) is 0 Å². The van der Waals surface area contributed by atoms with Crippen LogP contribution in [0.4, 0.5) is 0 Å². The van der Waals surface area contributed by atoms with Gasteiger partial charge in [-0.3, -0.25) is 9.59 Å². The quantitative estimate of drug-likeness (QED) is 0.830. The van der Waals surface area contributed by atoms with Crippen LogP contribution < -0.4 is 5.73 Å². The summed E-state index contributed by atoms with van der Waals surface area (Å²) in [4.78, 5) is 22.3. The lowest BCUT2D eigenvalue weighted by Gasteiger charge is -2.21. The van der Waals surface area contributed by atoms with Gasteiger partial charge in [-0.25, -0.2) is 8.42 Å². The number of carboxylic acid groups (broad SMARTS) is 1. The summed E-state index contributed by atoms with van der Waals surface area (Å²) < 4.78 is 26.1. The van der Waals surface area contributed by atoms with E-state index in [-0.39, 0.29) is 23.4 Å². The van der Waals surface area contributed by atoms with E-state index >= 15 is 0 Å². The number of benzene rings is 1. The highest BCUT2D eigenvalue weighted by atomic mass is 32.2. The van der Waals surface area contributed by atoms with Crippen molar-refractivity contribution in [2.45, 2.75) is 30.7 Å². The van der Waals surface area contributed by atoms with Gasteiger partial charge in [-0.05, 0) is 37.5 Å². The Labute approximate surface area is 122 Å². The van der Waals surface area contributed by atoms with Crippen LogP contribution in [0.1, 0.15) is 28.8 Å². The molecule has 0 unspecified atom stereocenters. The maximum Gasteiger partial charge on any atom is 0.322 e. The van der Waals surface area contributed by atoms with Gasteiger partial charge in [0.15, 0.2) is 0 Å². The summed E-state index contributed by atoms with van der Waals surface area (Å²) >= 11 is 0. The van der Waals surface area contributed by atoms with Crippen LogP contribution in [0.15, 0.2) is 23.1 Å². The van der Waals surface area contributed by atoms with Crippen molar-refractivity contribution in [2.75, 3.05) is 6.54 Å². The molecule has 114 valence electrons. The molecule has 1 amide bonds. The van der Waals surface area contributed by atoms with Crippen LogP contribution >= 0.6 is 0 Å². The van der Waals surface area contributed by atoms with Crippen molar-refractivity contribution in [3.63, 3.8) is 0 Å². The van der Waals surface area contributed by atoms with Crippen molar-refractivity contribution in [3.05, 3.63) is 29.3 Å². The van der Waals surface area contributed by atoms with Gasteiger partial charge in [-0.2, -0.15) is 4.31 Å². The van der Waals surface area contributed by atoms with Gasteiger partial charge < -0.3 is 10.8 Å². The molecule has 0 bridgehead atoms. The maximum absolute atomic E-state index is 12.5. The molecule has 7 nitrogen and oxygen atoms in total. The van der Waals surface area contributed by atoms with E-state index in [0.29, 0.717) is 12.0 Å². The van der Waals surface area contributed by atoms with Gasteiger partial charge in [-0.1, -0.05) is 6.07 Å². The van der Waals surface area contributed by atoms with E-state index < -0.39 is 27.9 Å². The number of aliphatic carboxylic acids is 1. The molecular formula is C13H16N2O5S. The van der Waals surface area contributed by atoms with Gasteiger partial charge in [-0.15, -0.1) is 0 Å². The Balaban J connectivity index is 2.47. The van der Waals surface area contributed by atoms with Crippen molar-refractivity contribution in [1.82, 2.24) is 4.31 Å². The lowest BCUT2D eigenvalue weighted by Crippen LogP contribution is -2.40. The molecule has 0 saturated carbocycles. The number of aryl methyl sites for hydroxylation is 1. The molecule has 1 saturated heterocycles. The first-order valence-corrected chi connectivity index (χ1v) is 7.84. The molecule has 1 aromatic rings. The van der Waals surface area contributed by atoms with E-state index in [9.17, 15) is 18.0 Å². The highest BCUT2D eigenvalue weighted by molar-refractivity contribution is 7.89. The van der Waals surface area contributed by atoms with E-state index in [2.05, 4.69) is 0 Å². The number of sulfonamides is 1. The number of carboxylic acids is 1. The molecule has 2 rings (SSSR count). The number of hydrogen-bond acceptors (Lipinski definition) is 4. The monoisotopic (exact) mass is 312 g/mol. The van der Waals surface area contributed by atoms with Crippen LogP contribution in [0.5, 0.6) is 0 Å². The standard InChI is InChI=1S/C13H16N2O5S/c1-8-4-5-9(7-10(8)12(14)16)21(19,20)15-6-2-3-11(15)13(17)18/h4-5,7,11H,2-3,6H2,1H3,(H2,14,16)(H,17,18)/t11-/m0/s1. The Hall–Kier alpha value is -1.93. The summed E-state index contributed by atoms with van der Waals surface area (Å²) in [6, 6.07) is 2.98. The first-order valence-electron chi connectivity index (χ1n) is 6.40. The van der Waals surface area contributed by atoms with Crippen molar-refractivity contribution in [2.24, 2.45) is 5.73 Å². The second-order valence-corrected chi connectivity index (χ2v) is 6.84. The van der Waals surface area contributed by atoms with Crippen LogP contribution in [0.25, 0.3) is 0 Å². The molecule has 0 aliphatic carbocycles. The van der Waals surface area contributed by atoms with Crippen LogP contribution in [0, 0.1) is 6.92 Å². The third-order valence-corrected chi connectivity index (χ3v) is 5.47. The predicted octanol–water partition coefficient (Wildman–Crippen LogP) is 0.332. The lowest BCUT2D eigenvalue weighted by molar-refractivity contribution is -0.140. The fourth-order valence-corrected chi connectivity index (χ4v) is 4.11. The maximum atomic E-state index is 12.5. The molecule has 21 heavy (non-hydrogen) atoms. The van der Waals surface area contributed by atoms with Crippen LogP contribution in [0.3, 0.4) is 0 Å². The zero-order chi connectivity index (χ0) is 15.8. The highest BCUT2D eigenvalue weighted by Gasteiger charge is 2.39. The molecule has 0 radical (unpaired) electrons. The molecule has 0 spiro atoms. The van der Waals surface area contributed by atoms with Crippen molar-refractivity contribution in [1.29, 1.82) is 0 Å². The number of carbonyl (C=O) groups excluding carboxylic acids is 1. The van der Waals surface area contributed by atoms with Crippen molar-refractivity contribution < 1.29 is 23.1 Å². The van der Waals surface area contributed by atoms with E-state index in [4.69, 9.17) is 10.8 Å². The highest BCUT2D eigenvalue weighted by Crippen LogP contribution is 2.27. The average molecular weight is 312 g/mol. The minimum Gasteiger partial charge on any atom is -0.480 e. The Morgan fingerprint density at radius 3 is 2.62 bits per heavy atom. The van der Waals surface area contributed by atoms with E-state index in [0.717, 1.165) is 4.31 Å².